The Kier molecular flexibility index (Phi) is 4.94. The number of methoxy groups -OCH3 is 1. The Bertz CT molecular complexity index is 1360. The fourth-order valence-electron chi connectivity index (χ4n) is 3.93. The van der Waals surface area contributed by atoms with Crippen molar-refractivity contribution in [3.8, 4) is 11.5 Å². The lowest BCUT2D eigenvalue weighted by molar-refractivity contribution is 0.0971. The molecule has 4 aromatic rings. The van der Waals surface area contributed by atoms with Crippen LogP contribution in [0.1, 0.15) is 41.6 Å². The highest BCUT2D eigenvalue weighted by Gasteiger charge is 2.44. The van der Waals surface area contributed by atoms with Crippen LogP contribution in [0.15, 0.2) is 63.3 Å². The summed E-state index contributed by atoms with van der Waals surface area (Å²) in [7, 11) is 1.53. The van der Waals surface area contributed by atoms with Crippen molar-refractivity contribution in [1.82, 2.24) is 4.98 Å². The predicted molar refractivity (Wildman–Crippen MR) is 122 cm³/mol. The van der Waals surface area contributed by atoms with Gasteiger partial charge in [-0.3, -0.25) is 14.5 Å². The van der Waals surface area contributed by atoms with Crippen LogP contribution < -0.4 is 19.8 Å². The van der Waals surface area contributed by atoms with Gasteiger partial charge in [-0.15, -0.1) is 11.3 Å². The Labute approximate surface area is 187 Å². The topological polar surface area (TPSA) is 81.9 Å². The van der Waals surface area contributed by atoms with Crippen LogP contribution in [0.2, 0.25) is 0 Å². The third-order valence-corrected chi connectivity index (χ3v) is 6.04. The van der Waals surface area contributed by atoms with Crippen molar-refractivity contribution >= 4 is 33.3 Å². The van der Waals surface area contributed by atoms with E-state index in [1.54, 1.807) is 29.8 Å². The van der Waals surface area contributed by atoms with Gasteiger partial charge in [0, 0.05) is 17.6 Å². The van der Waals surface area contributed by atoms with E-state index in [1.165, 1.54) is 23.3 Å². The number of hydrogen-bond acceptors (Lipinski definition) is 7. The molecule has 0 saturated heterocycles. The van der Waals surface area contributed by atoms with E-state index in [-0.39, 0.29) is 17.3 Å². The molecule has 1 amide bonds. The molecule has 3 heterocycles. The summed E-state index contributed by atoms with van der Waals surface area (Å²) in [5.41, 5.74) is 1.13. The molecule has 7 nitrogen and oxygen atoms in total. The van der Waals surface area contributed by atoms with E-state index in [9.17, 15) is 9.59 Å². The Morgan fingerprint density at radius 2 is 1.84 bits per heavy atom. The Balaban J connectivity index is 1.72. The number of ether oxygens (including phenoxy) is 2. The van der Waals surface area contributed by atoms with E-state index in [2.05, 4.69) is 4.98 Å². The van der Waals surface area contributed by atoms with Crippen molar-refractivity contribution in [1.29, 1.82) is 0 Å². The van der Waals surface area contributed by atoms with Crippen molar-refractivity contribution in [3.63, 3.8) is 0 Å². The van der Waals surface area contributed by atoms with Gasteiger partial charge in [-0.1, -0.05) is 12.1 Å². The molecule has 0 spiro atoms. The number of benzene rings is 2. The van der Waals surface area contributed by atoms with Crippen LogP contribution in [0, 0.1) is 0 Å². The highest BCUT2D eigenvalue weighted by molar-refractivity contribution is 7.13. The quantitative estimate of drug-likeness (QED) is 0.436. The molecule has 162 valence electrons. The maximum Gasteiger partial charge on any atom is 0.297 e. The van der Waals surface area contributed by atoms with E-state index in [1.807, 2.05) is 38.1 Å². The second kappa shape index (κ2) is 7.80. The molecule has 0 N–H and O–H groups in total. The molecule has 0 fully saturated rings. The maximum atomic E-state index is 13.6. The van der Waals surface area contributed by atoms with Crippen LogP contribution in [0.3, 0.4) is 0 Å². The first-order valence-electron chi connectivity index (χ1n) is 10.1. The molecule has 0 bridgehead atoms. The molecular weight excluding hydrogens is 428 g/mol. The summed E-state index contributed by atoms with van der Waals surface area (Å²) in [6.07, 6.45) is 1.67. The Morgan fingerprint density at radius 1 is 1.09 bits per heavy atom. The van der Waals surface area contributed by atoms with E-state index in [0.29, 0.717) is 33.2 Å². The molecule has 0 aliphatic carbocycles. The van der Waals surface area contributed by atoms with Gasteiger partial charge < -0.3 is 13.9 Å². The molecule has 1 aliphatic heterocycles. The fraction of sp³-hybridized carbons (Fsp3) is 0.208. The number of carbonyl (C=O) groups is 1. The van der Waals surface area contributed by atoms with Gasteiger partial charge in [-0.2, -0.15) is 0 Å². The van der Waals surface area contributed by atoms with Crippen molar-refractivity contribution in [3.05, 3.63) is 81.2 Å². The van der Waals surface area contributed by atoms with Crippen LogP contribution in [0.4, 0.5) is 5.13 Å². The number of thiazole rings is 1. The molecule has 0 radical (unpaired) electrons. The zero-order chi connectivity index (χ0) is 22.4. The van der Waals surface area contributed by atoms with Crippen molar-refractivity contribution in [2.24, 2.45) is 0 Å². The summed E-state index contributed by atoms with van der Waals surface area (Å²) >= 11 is 1.33. The lowest BCUT2D eigenvalue weighted by Crippen LogP contribution is -2.29. The molecule has 8 heteroatoms. The van der Waals surface area contributed by atoms with Gasteiger partial charge in [-0.25, -0.2) is 4.98 Å². The zero-order valence-electron chi connectivity index (χ0n) is 17.7. The number of carbonyl (C=O) groups excluding carboxylic acids is 1. The van der Waals surface area contributed by atoms with E-state index >= 15 is 0 Å². The largest absolute Gasteiger partial charge is 0.497 e. The van der Waals surface area contributed by atoms with Gasteiger partial charge in [0.05, 0.1) is 30.2 Å². The summed E-state index contributed by atoms with van der Waals surface area (Å²) in [5, 5.41) is 2.68. The van der Waals surface area contributed by atoms with Gasteiger partial charge in [0.1, 0.15) is 17.1 Å². The molecule has 2 aromatic heterocycles. The number of amides is 1. The van der Waals surface area contributed by atoms with Gasteiger partial charge in [0.15, 0.2) is 10.6 Å². The van der Waals surface area contributed by atoms with Crippen molar-refractivity contribution < 1.29 is 18.7 Å². The zero-order valence-corrected chi connectivity index (χ0v) is 18.5. The van der Waals surface area contributed by atoms with Crippen LogP contribution in [-0.4, -0.2) is 24.1 Å². The third kappa shape index (κ3) is 3.23. The molecule has 1 atom stereocenters. The first-order valence-corrected chi connectivity index (χ1v) is 11.0. The highest BCUT2D eigenvalue weighted by Crippen LogP contribution is 2.42. The van der Waals surface area contributed by atoms with Crippen molar-refractivity contribution in [2.45, 2.75) is 26.0 Å². The summed E-state index contributed by atoms with van der Waals surface area (Å²) in [6, 6.07) is 11.7. The highest BCUT2D eigenvalue weighted by atomic mass is 32.1. The second-order valence-corrected chi connectivity index (χ2v) is 8.54. The van der Waals surface area contributed by atoms with E-state index in [4.69, 9.17) is 13.9 Å². The molecule has 2 aromatic carbocycles. The lowest BCUT2D eigenvalue weighted by Gasteiger charge is -2.22. The molecular formula is C24H20N2O5S. The summed E-state index contributed by atoms with van der Waals surface area (Å²) < 4.78 is 17.0. The van der Waals surface area contributed by atoms with E-state index in [0.717, 1.165) is 5.56 Å². The fourth-order valence-corrected chi connectivity index (χ4v) is 4.59. The van der Waals surface area contributed by atoms with Gasteiger partial charge >= 0.3 is 0 Å². The van der Waals surface area contributed by atoms with Crippen LogP contribution in [0.25, 0.3) is 11.0 Å². The molecule has 1 aliphatic rings. The summed E-state index contributed by atoms with van der Waals surface area (Å²) in [4.78, 5) is 32.8. The smallest absolute Gasteiger partial charge is 0.297 e. The Morgan fingerprint density at radius 3 is 2.50 bits per heavy atom. The molecule has 0 unspecified atom stereocenters. The number of fused-ring (bicyclic) bond motifs is 2. The first kappa shape index (κ1) is 20.3. The molecule has 32 heavy (non-hydrogen) atoms. The minimum Gasteiger partial charge on any atom is -0.497 e. The monoisotopic (exact) mass is 448 g/mol. The maximum absolute atomic E-state index is 13.6. The third-order valence-electron chi connectivity index (χ3n) is 5.27. The summed E-state index contributed by atoms with van der Waals surface area (Å²) in [6.45, 7) is 3.91. The SMILES string of the molecule is COc1ccc2c(=O)c3c(oc2c1)C(=O)N(c1nccs1)[C@@H]3c1ccc(OC(C)C)cc1. The van der Waals surface area contributed by atoms with E-state index < -0.39 is 11.9 Å². The van der Waals surface area contributed by atoms with Crippen LogP contribution in [-0.2, 0) is 0 Å². The Hall–Kier alpha value is -3.65. The number of hydrogen-bond donors (Lipinski definition) is 0. The molecule has 0 saturated carbocycles. The number of aromatic nitrogens is 1. The van der Waals surface area contributed by atoms with Gasteiger partial charge in [-0.05, 0) is 43.7 Å². The van der Waals surface area contributed by atoms with Crippen LogP contribution >= 0.6 is 11.3 Å². The molecule has 5 rings (SSSR count). The van der Waals surface area contributed by atoms with Gasteiger partial charge in [0.2, 0.25) is 5.76 Å². The normalized spacial score (nSPS) is 15.4. The second-order valence-electron chi connectivity index (χ2n) is 7.66. The number of anilines is 1. The van der Waals surface area contributed by atoms with Crippen molar-refractivity contribution in [2.75, 3.05) is 12.0 Å². The number of nitrogens with zero attached hydrogens (tertiary/aromatic N) is 2. The summed E-state index contributed by atoms with van der Waals surface area (Å²) in [5.74, 6) is 0.884. The minimum absolute atomic E-state index is 0.0264. The average molecular weight is 449 g/mol. The van der Waals surface area contributed by atoms with Gasteiger partial charge in [0.25, 0.3) is 5.91 Å². The minimum atomic E-state index is -0.653. The van der Waals surface area contributed by atoms with Crippen LogP contribution in [0.5, 0.6) is 11.5 Å². The first-order chi connectivity index (χ1) is 15.5. The number of rotatable bonds is 5. The average Bonchev–Trinajstić information content (AvgIpc) is 3.40. The standard InChI is InChI=1S/C24H20N2O5S/c1-13(2)30-15-6-4-14(5-7-15)20-19-21(27)17-9-8-16(29-3)12-18(17)31-22(19)23(28)26(20)24-25-10-11-32-24/h4-13,20H,1-3H3/t20-/m1/s1. The lowest BCUT2D eigenvalue weighted by atomic mass is 9.98. The predicted octanol–water partition coefficient (Wildman–Crippen LogP) is 4.80.